The normalized spacial score (nSPS) is 21.0. The van der Waals surface area contributed by atoms with Crippen LogP contribution in [0.4, 0.5) is 0 Å². The van der Waals surface area contributed by atoms with Gasteiger partial charge in [0, 0.05) is 10.9 Å². The number of benzene rings is 1. The predicted octanol–water partition coefficient (Wildman–Crippen LogP) is 1.68. The van der Waals surface area contributed by atoms with E-state index in [0.29, 0.717) is 11.5 Å². The number of fused-ring (bicyclic) bond motifs is 1. The first-order valence-corrected chi connectivity index (χ1v) is 10.6. The number of nitrogens with zero attached hydrogens (tertiary/aromatic N) is 4. The largest absolute Gasteiger partial charge is 0.497 e. The highest BCUT2D eigenvalue weighted by Crippen LogP contribution is 2.25. The zero-order valence-corrected chi connectivity index (χ0v) is 18.4. The Kier molecular flexibility index (Phi) is 5.36. The second-order valence-corrected chi connectivity index (χ2v) is 9.40. The van der Waals surface area contributed by atoms with E-state index in [2.05, 4.69) is 48.2 Å². The molecule has 30 heavy (non-hydrogen) atoms. The summed E-state index contributed by atoms with van der Waals surface area (Å²) in [7, 11) is 1.65. The molecule has 1 fully saturated rings. The standard InChI is InChI=1S/C22H30N6O2/c1-14-8-10-27(11-9-14)19(20-24-25-26-28(20)22(2,3)4)17-13-15-12-16(30-5)6-7-18(15)23-21(17)29/h6-7,12-14,19H,8-11H2,1-5H3,(H,23,29)/p+1/t19-/m0/s1. The molecular weight excluding hydrogens is 380 g/mol. The third-order valence-electron chi connectivity index (χ3n) is 6.10. The average molecular weight is 412 g/mol. The van der Waals surface area contributed by atoms with Gasteiger partial charge in [-0.3, -0.25) is 4.79 Å². The van der Waals surface area contributed by atoms with Crippen LogP contribution in [-0.2, 0) is 5.54 Å². The third-order valence-corrected chi connectivity index (χ3v) is 6.10. The third kappa shape index (κ3) is 3.84. The van der Waals surface area contributed by atoms with Gasteiger partial charge in [0.1, 0.15) is 5.75 Å². The highest BCUT2D eigenvalue weighted by atomic mass is 16.5. The number of rotatable bonds is 4. The van der Waals surface area contributed by atoms with Crippen molar-refractivity contribution in [2.75, 3.05) is 20.2 Å². The van der Waals surface area contributed by atoms with Gasteiger partial charge in [0.25, 0.3) is 5.56 Å². The Morgan fingerprint density at radius 1 is 1.23 bits per heavy atom. The maximum atomic E-state index is 13.2. The molecule has 0 aliphatic carbocycles. The molecule has 0 spiro atoms. The Morgan fingerprint density at radius 3 is 2.63 bits per heavy atom. The fourth-order valence-electron chi connectivity index (χ4n) is 4.36. The lowest BCUT2D eigenvalue weighted by atomic mass is 9.95. The Hall–Kier alpha value is -2.74. The zero-order valence-electron chi connectivity index (χ0n) is 18.4. The van der Waals surface area contributed by atoms with E-state index < -0.39 is 0 Å². The minimum absolute atomic E-state index is 0.0905. The number of tetrazole rings is 1. The Labute approximate surface area is 176 Å². The number of hydrogen-bond acceptors (Lipinski definition) is 5. The van der Waals surface area contributed by atoms with Crippen LogP contribution >= 0.6 is 0 Å². The number of H-pyrrole nitrogens is 1. The number of aromatic amines is 1. The number of quaternary nitrogens is 1. The monoisotopic (exact) mass is 411 g/mol. The summed E-state index contributed by atoms with van der Waals surface area (Å²) in [4.78, 5) is 17.6. The molecule has 0 amide bonds. The molecule has 0 radical (unpaired) electrons. The van der Waals surface area contributed by atoms with Crippen LogP contribution in [0.2, 0.25) is 0 Å². The van der Waals surface area contributed by atoms with E-state index in [0.717, 1.165) is 48.4 Å². The number of likely N-dealkylation sites (tertiary alicyclic amines) is 1. The van der Waals surface area contributed by atoms with E-state index in [1.165, 1.54) is 4.90 Å². The molecule has 1 aliphatic heterocycles. The second kappa shape index (κ2) is 7.83. The molecule has 1 atom stereocenters. The molecule has 0 bridgehead atoms. The second-order valence-electron chi connectivity index (χ2n) is 9.40. The first-order valence-electron chi connectivity index (χ1n) is 10.6. The summed E-state index contributed by atoms with van der Waals surface area (Å²) in [6.45, 7) is 10.5. The molecule has 160 valence electrons. The van der Waals surface area contributed by atoms with E-state index in [1.54, 1.807) is 7.11 Å². The Bertz CT molecular complexity index is 1090. The maximum absolute atomic E-state index is 13.2. The lowest BCUT2D eigenvalue weighted by Crippen LogP contribution is -3.13. The van der Waals surface area contributed by atoms with Crippen molar-refractivity contribution in [3.63, 3.8) is 0 Å². The van der Waals surface area contributed by atoms with E-state index >= 15 is 0 Å². The van der Waals surface area contributed by atoms with Crippen LogP contribution in [0.3, 0.4) is 0 Å². The summed E-state index contributed by atoms with van der Waals surface area (Å²) in [5, 5.41) is 13.6. The number of piperidine rings is 1. The lowest BCUT2D eigenvalue weighted by Gasteiger charge is -2.34. The SMILES string of the molecule is COc1ccc2[nH]c(=O)c([C@@H](c3nnnn3C(C)(C)C)[NH+]3CCC(C)CC3)cc2c1. The van der Waals surface area contributed by atoms with E-state index in [9.17, 15) is 4.79 Å². The number of ether oxygens (including phenoxy) is 1. The van der Waals surface area contributed by atoms with Gasteiger partial charge in [-0.15, -0.1) is 5.10 Å². The maximum Gasteiger partial charge on any atom is 0.258 e. The number of nitrogens with one attached hydrogen (secondary N) is 2. The van der Waals surface area contributed by atoms with Gasteiger partial charge in [-0.1, -0.05) is 6.92 Å². The molecular formula is C22H31N6O2+. The highest BCUT2D eigenvalue weighted by molar-refractivity contribution is 5.80. The van der Waals surface area contributed by atoms with Crippen molar-refractivity contribution in [2.24, 2.45) is 5.92 Å². The number of methoxy groups -OCH3 is 1. The molecule has 3 aromatic rings. The molecule has 0 unspecified atom stereocenters. The van der Waals surface area contributed by atoms with Gasteiger partial charge in [0.05, 0.1) is 31.3 Å². The van der Waals surface area contributed by atoms with Crippen molar-refractivity contribution in [3.05, 3.63) is 46.0 Å². The molecule has 1 aliphatic rings. The van der Waals surface area contributed by atoms with Crippen LogP contribution in [0.5, 0.6) is 5.75 Å². The molecule has 2 aromatic heterocycles. The smallest absolute Gasteiger partial charge is 0.258 e. The highest BCUT2D eigenvalue weighted by Gasteiger charge is 2.37. The minimum Gasteiger partial charge on any atom is -0.497 e. The predicted molar refractivity (Wildman–Crippen MR) is 115 cm³/mol. The molecule has 8 nitrogen and oxygen atoms in total. The minimum atomic E-state index is -0.285. The summed E-state index contributed by atoms with van der Waals surface area (Å²) in [5.41, 5.74) is 1.11. The van der Waals surface area contributed by atoms with Gasteiger partial charge in [-0.2, -0.15) is 0 Å². The molecule has 8 heteroatoms. The molecule has 1 saturated heterocycles. The van der Waals surface area contributed by atoms with E-state index in [-0.39, 0.29) is 17.1 Å². The van der Waals surface area contributed by atoms with E-state index in [1.807, 2.05) is 28.9 Å². The molecule has 4 rings (SSSR count). The van der Waals surface area contributed by atoms with Crippen molar-refractivity contribution in [1.82, 2.24) is 25.2 Å². The number of aromatic nitrogens is 5. The van der Waals surface area contributed by atoms with Gasteiger partial charge in [-0.25, -0.2) is 4.68 Å². The molecule has 2 N–H and O–H groups in total. The zero-order chi connectivity index (χ0) is 21.5. The van der Waals surface area contributed by atoms with Gasteiger partial charge in [-0.05, 0) is 74.2 Å². The van der Waals surface area contributed by atoms with Crippen molar-refractivity contribution in [2.45, 2.75) is 52.1 Å². The molecule has 3 heterocycles. The fraction of sp³-hybridized carbons (Fsp3) is 0.545. The summed E-state index contributed by atoms with van der Waals surface area (Å²) in [6, 6.07) is 7.43. The van der Waals surface area contributed by atoms with Gasteiger partial charge in [0.2, 0.25) is 5.82 Å². The Balaban J connectivity index is 1.89. The number of hydrogen-bond donors (Lipinski definition) is 2. The van der Waals surface area contributed by atoms with Crippen molar-refractivity contribution >= 4 is 10.9 Å². The van der Waals surface area contributed by atoms with Crippen LogP contribution in [0.1, 0.15) is 58.0 Å². The topological polar surface area (TPSA) is 90.1 Å². The quantitative estimate of drug-likeness (QED) is 0.682. The van der Waals surface area contributed by atoms with Crippen molar-refractivity contribution in [3.8, 4) is 5.75 Å². The molecule has 1 aromatic carbocycles. The summed E-state index contributed by atoms with van der Waals surface area (Å²) in [5.74, 6) is 2.20. The van der Waals surface area contributed by atoms with Crippen molar-refractivity contribution in [1.29, 1.82) is 0 Å². The van der Waals surface area contributed by atoms with Crippen LogP contribution < -0.4 is 15.2 Å². The van der Waals surface area contributed by atoms with Gasteiger partial charge < -0.3 is 14.6 Å². The first kappa shape index (κ1) is 20.5. The van der Waals surface area contributed by atoms with Crippen LogP contribution in [0.15, 0.2) is 29.1 Å². The van der Waals surface area contributed by atoms with Gasteiger partial charge in [0.15, 0.2) is 6.04 Å². The first-order chi connectivity index (χ1) is 14.3. The van der Waals surface area contributed by atoms with Crippen LogP contribution in [0.25, 0.3) is 10.9 Å². The van der Waals surface area contributed by atoms with E-state index in [4.69, 9.17) is 4.74 Å². The van der Waals surface area contributed by atoms with Crippen LogP contribution in [0, 0.1) is 5.92 Å². The van der Waals surface area contributed by atoms with Gasteiger partial charge >= 0.3 is 0 Å². The van der Waals surface area contributed by atoms with Crippen molar-refractivity contribution < 1.29 is 9.64 Å². The fourth-order valence-corrected chi connectivity index (χ4v) is 4.36. The molecule has 0 saturated carbocycles. The summed E-state index contributed by atoms with van der Waals surface area (Å²) < 4.78 is 7.24. The van der Waals surface area contributed by atoms with Crippen LogP contribution in [-0.4, -0.2) is 45.4 Å². The Morgan fingerprint density at radius 2 is 1.97 bits per heavy atom. The lowest BCUT2D eigenvalue weighted by molar-refractivity contribution is -0.932. The average Bonchev–Trinajstić information content (AvgIpc) is 3.19. The summed E-state index contributed by atoms with van der Waals surface area (Å²) >= 11 is 0. The summed E-state index contributed by atoms with van der Waals surface area (Å²) in [6.07, 6.45) is 2.25. The number of pyridine rings is 1.